The van der Waals surface area contributed by atoms with E-state index in [-0.39, 0.29) is 28.6 Å². The number of aromatic nitrogens is 2. The third-order valence-electron chi connectivity index (χ3n) is 4.66. The summed E-state index contributed by atoms with van der Waals surface area (Å²) in [5.41, 5.74) is 1.67. The Balaban J connectivity index is 1.62. The molecule has 28 heavy (non-hydrogen) atoms. The van der Waals surface area contributed by atoms with Crippen LogP contribution >= 0.6 is 23.1 Å². The van der Waals surface area contributed by atoms with Crippen LogP contribution in [0.1, 0.15) is 41.7 Å². The number of aromatic amines is 1. The quantitative estimate of drug-likeness (QED) is 0.627. The number of fused-ring (bicyclic) bond motifs is 1. The molecule has 2 N–H and O–H groups in total. The van der Waals surface area contributed by atoms with Crippen molar-refractivity contribution in [3.05, 3.63) is 62.3 Å². The summed E-state index contributed by atoms with van der Waals surface area (Å²) in [7, 11) is 0. The van der Waals surface area contributed by atoms with Gasteiger partial charge < -0.3 is 10.3 Å². The molecule has 1 amide bonds. The molecule has 0 saturated heterocycles. The molecule has 0 fully saturated rings. The first-order valence-corrected chi connectivity index (χ1v) is 10.8. The Morgan fingerprint density at radius 2 is 1.96 bits per heavy atom. The van der Waals surface area contributed by atoms with Crippen LogP contribution in [0.2, 0.25) is 0 Å². The van der Waals surface area contributed by atoms with Crippen LogP contribution in [0.3, 0.4) is 0 Å². The largest absolute Gasteiger partial charge is 0.349 e. The van der Waals surface area contributed by atoms with E-state index >= 15 is 0 Å². The van der Waals surface area contributed by atoms with Crippen LogP contribution < -0.4 is 10.9 Å². The molecule has 2 heterocycles. The van der Waals surface area contributed by atoms with Gasteiger partial charge in [0, 0.05) is 4.88 Å². The molecule has 0 saturated carbocycles. The number of benzene rings is 1. The molecule has 2 aromatic heterocycles. The predicted molar refractivity (Wildman–Crippen MR) is 113 cm³/mol. The van der Waals surface area contributed by atoms with Crippen LogP contribution in [0.15, 0.2) is 29.1 Å². The molecular formula is C20H22FN3O2S2. The SMILES string of the molecule is Cc1sc2nc(CS[C@@H](C)C(=O)N[C@@H](C)c3ccc(F)cc3)[nH]c(=O)c2c1C. The van der Waals surface area contributed by atoms with Gasteiger partial charge in [-0.05, 0) is 51.0 Å². The molecule has 1 aromatic carbocycles. The van der Waals surface area contributed by atoms with E-state index in [2.05, 4.69) is 15.3 Å². The zero-order chi connectivity index (χ0) is 20.4. The minimum atomic E-state index is -0.323. The lowest BCUT2D eigenvalue weighted by Gasteiger charge is -2.17. The number of aryl methyl sites for hydroxylation is 2. The Morgan fingerprint density at radius 1 is 1.29 bits per heavy atom. The van der Waals surface area contributed by atoms with E-state index in [1.54, 1.807) is 12.1 Å². The van der Waals surface area contributed by atoms with Gasteiger partial charge in [-0.1, -0.05) is 12.1 Å². The van der Waals surface area contributed by atoms with E-state index in [0.717, 1.165) is 20.8 Å². The molecule has 0 spiro atoms. The van der Waals surface area contributed by atoms with Gasteiger partial charge in [0.05, 0.1) is 22.4 Å². The number of amides is 1. The average molecular weight is 420 g/mol. The van der Waals surface area contributed by atoms with Crippen molar-refractivity contribution < 1.29 is 9.18 Å². The molecule has 0 radical (unpaired) electrons. The summed E-state index contributed by atoms with van der Waals surface area (Å²) >= 11 is 2.91. The van der Waals surface area contributed by atoms with Crippen molar-refractivity contribution >= 4 is 39.2 Å². The van der Waals surface area contributed by atoms with Gasteiger partial charge >= 0.3 is 0 Å². The number of hydrogen-bond donors (Lipinski definition) is 2. The van der Waals surface area contributed by atoms with E-state index in [4.69, 9.17) is 0 Å². The minimum absolute atomic E-state index is 0.118. The maximum Gasteiger partial charge on any atom is 0.259 e. The fourth-order valence-electron chi connectivity index (χ4n) is 2.81. The van der Waals surface area contributed by atoms with Crippen LogP contribution in [-0.4, -0.2) is 21.1 Å². The lowest BCUT2D eigenvalue weighted by Crippen LogP contribution is -2.33. The van der Waals surface area contributed by atoms with Gasteiger partial charge in [0.25, 0.3) is 5.56 Å². The summed E-state index contributed by atoms with van der Waals surface area (Å²) < 4.78 is 13.0. The van der Waals surface area contributed by atoms with Crippen molar-refractivity contribution in [3.63, 3.8) is 0 Å². The van der Waals surface area contributed by atoms with E-state index in [0.29, 0.717) is 17.0 Å². The van der Waals surface area contributed by atoms with Crippen LogP contribution in [0, 0.1) is 19.7 Å². The van der Waals surface area contributed by atoms with E-state index in [1.807, 2.05) is 27.7 Å². The standard InChI is InChI=1S/C20H22FN3O2S2/c1-10-12(3)28-20-17(10)19(26)23-16(24-20)9-27-13(4)18(25)22-11(2)14-5-7-15(21)8-6-14/h5-8,11,13H,9H2,1-4H3,(H,22,25)(H,23,24,26)/t11-,13-/m0/s1. The second-order valence-corrected chi connectivity index (χ2v) is 9.24. The van der Waals surface area contributed by atoms with Crippen LogP contribution in [-0.2, 0) is 10.5 Å². The first kappa shape index (κ1) is 20.5. The molecular weight excluding hydrogens is 397 g/mol. The van der Waals surface area contributed by atoms with Gasteiger partial charge in [0.2, 0.25) is 5.91 Å². The Bertz CT molecular complexity index is 1060. The molecule has 0 aliphatic rings. The zero-order valence-electron chi connectivity index (χ0n) is 16.1. The van der Waals surface area contributed by atoms with Crippen LogP contribution in [0.25, 0.3) is 10.2 Å². The van der Waals surface area contributed by atoms with Gasteiger partial charge in [-0.15, -0.1) is 23.1 Å². The van der Waals surface area contributed by atoms with Crippen molar-refractivity contribution in [2.75, 3.05) is 0 Å². The fraction of sp³-hybridized carbons (Fsp3) is 0.350. The summed E-state index contributed by atoms with van der Waals surface area (Å²) in [5.74, 6) is 0.574. The van der Waals surface area contributed by atoms with E-state index in [9.17, 15) is 14.0 Å². The minimum Gasteiger partial charge on any atom is -0.349 e. The van der Waals surface area contributed by atoms with E-state index in [1.165, 1.54) is 35.2 Å². The highest BCUT2D eigenvalue weighted by atomic mass is 32.2. The number of hydrogen-bond acceptors (Lipinski definition) is 5. The van der Waals surface area contributed by atoms with Crippen LogP contribution in [0.5, 0.6) is 0 Å². The molecule has 2 atom stereocenters. The number of carbonyl (C=O) groups is 1. The number of H-pyrrole nitrogens is 1. The van der Waals surface area contributed by atoms with Gasteiger partial charge in [0.15, 0.2) is 0 Å². The molecule has 5 nitrogen and oxygen atoms in total. The summed E-state index contributed by atoms with van der Waals surface area (Å²) in [6.07, 6.45) is 0. The third kappa shape index (κ3) is 4.44. The number of halogens is 1. The van der Waals surface area contributed by atoms with Gasteiger partial charge in [-0.25, -0.2) is 9.37 Å². The van der Waals surface area contributed by atoms with E-state index < -0.39 is 0 Å². The fourth-order valence-corrected chi connectivity index (χ4v) is 4.63. The van der Waals surface area contributed by atoms with Crippen molar-refractivity contribution in [2.24, 2.45) is 0 Å². The summed E-state index contributed by atoms with van der Waals surface area (Å²) in [6, 6.07) is 5.85. The monoisotopic (exact) mass is 419 g/mol. The smallest absolute Gasteiger partial charge is 0.259 e. The second kappa shape index (κ2) is 8.45. The summed E-state index contributed by atoms with van der Waals surface area (Å²) in [5, 5.41) is 3.26. The first-order chi connectivity index (χ1) is 13.3. The van der Waals surface area contributed by atoms with Crippen LogP contribution in [0.4, 0.5) is 4.39 Å². The Morgan fingerprint density at radius 3 is 2.64 bits per heavy atom. The summed E-state index contributed by atoms with van der Waals surface area (Å²) in [6.45, 7) is 7.57. The Kier molecular flexibility index (Phi) is 6.20. The van der Waals surface area contributed by atoms with Gasteiger partial charge in [0.1, 0.15) is 16.5 Å². The molecule has 3 rings (SSSR count). The Hall–Kier alpha value is -2.19. The van der Waals surface area contributed by atoms with Crippen molar-refractivity contribution in [1.29, 1.82) is 0 Å². The van der Waals surface area contributed by atoms with Crippen molar-refractivity contribution in [1.82, 2.24) is 15.3 Å². The van der Waals surface area contributed by atoms with Gasteiger partial charge in [-0.3, -0.25) is 9.59 Å². The van der Waals surface area contributed by atoms with Gasteiger partial charge in [-0.2, -0.15) is 0 Å². The number of thiophene rings is 1. The van der Waals surface area contributed by atoms with Crippen molar-refractivity contribution in [2.45, 2.75) is 44.7 Å². The lowest BCUT2D eigenvalue weighted by molar-refractivity contribution is -0.120. The normalized spacial score (nSPS) is 13.5. The highest BCUT2D eigenvalue weighted by Crippen LogP contribution is 2.26. The Labute approximate surface area is 170 Å². The second-order valence-electron chi connectivity index (χ2n) is 6.71. The molecule has 3 aromatic rings. The lowest BCUT2D eigenvalue weighted by atomic mass is 10.1. The number of nitrogens with one attached hydrogen (secondary N) is 2. The molecule has 148 valence electrons. The molecule has 0 bridgehead atoms. The number of carbonyl (C=O) groups excluding carboxylic acids is 1. The molecule has 8 heteroatoms. The topological polar surface area (TPSA) is 74.8 Å². The molecule has 0 aliphatic carbocycles. The average Bonchev–Trinajstić information content (AvgIpc) is 2.94. The predicted octanol–water partition coefficient (Wildman–Crippen LogP) is 4.24. The first-order valence-electron chi connectivity index (χ1n) is 8.92. The van der Waals surface area contributed by atoms with Crippen molar-refractivity contribution in [3.8, 4) is 0 Å². The maximum atomic E-state index is 13.0. The molecule has 0 unspecified atom stereocenters. The number of nitrogens with zero attached hydrogens (tertiary/aromatic N) is 1. The highest BCUT2D eigenvalue weighted by Gasteiger charge is 2.18. The molecule has 0 aliphatic heterocycles. The third-order valence-corrected chi connectivity index (χ3v) is 6.91. The number of thioether (sulfide) groups is 1. The summed E-state index contributed by atoms with van der Waals surface area (Å²) in [4.78, 5) is 34.0. The highest BCUT2D eigenvalue weighted by molar-refractivity contribution is 7.99. The zero-order valence-corrected chi connectivity index (χ0v) is 17.8. The maximum absolute atomic E-state index is 13.0. The number of rotatable bonds is 6.